The Kier molecular flexibility index (Phi) is 3.90. The van der Waals surface area contributed by atoms with Crippen LogP contribution < -0.4 is 0 Å². The molecule has 2 aromatic carbocycles. The van der Waals surface area contributed by atoms with Gasteiger partial charge in [-0.05, 0) is 40.5 Å². The molecule has 1 heterocycles. The van der Waals surface area contributed by atoms with E-state index in [0.29, 0.717) is 11.4 Å². The number of benzene rings is 2. The molecule has 0 aliphatic heterocycles. The molecule has 1 unspecified atom stereocenters. The van der Waals surface area contributed by atoms with Crippen LogP contribution in [-0.4, -0.2) is 4.98 Å². The van der Waals surface area contributed by atoms with Gasteiger partial charge in [-0.2, -0.15) is 0 Å². The van der Waals surface area contributed by atoms with Crippen LogP contribution in [0.15, 0.2) is 60.9 Å². The van der Waals surface area contributed by atoms with Crippen LogP contribution in [0, 0.1) is 0 Å². The van der Waals surface area contributed by atoms with Gasteiger partial charge >= 0.3 is 0 Å². The normalized spacial score (nSPS) is 12.5. The zero-order chi connectivity index (χ0) is 13.9. The SMILES string of the molecule is Clc1cnccc1CC(Cl)c1ccc2ccccc2c1. The van der Waals surface area contributed by atoms with Crippen LogP contribution in [0.5, 0.6) is 0 Å². The van der Waals surface area contributed by atoms with E-state index in [-0.39, 0.29) is 5.38 Å². The quantitative estimate of drug-likeness (QED) is 0.589. The van der Waals surface area contributed by atoms with Crippen molar-refractivity contribution in [3.63, 3.8) is 0 Å². The van der Waals surface area contributed by atoms with Gasteiger partial charge in [0.1, 0.15) is 0 Å². The van der Waals surface area contributed by atoms with Crippen molar-refractivity contribution >= 4 is 34.0 Å². The molecule has 3 heteroatoms. The fourth-order valence-electron chi connectivity index (χ4n) is 2.28. The number of hydrogen-bond acceptors (Lipinski definition) is 1. The van der Waals surface area contributed by atoms with Gasteiger partial charge in [0.05, 0.1) is 10.4 Å². The van der Waals surface area contributed by atoms with Crippen molar-refractivity contribution in [3.8, 4) is 0 Å². The van der Waals surface area contributed by atoms with E-state index in [4.69, 9.17) is 23.2 Å². The molecule has 0 saturated heterocycles. The summed E-state index contributed by atoms with van der Waals surface area (Å²) in [6.45, 7) is 0. The molecule has 3 aromatic rings. The summed E-state index contributed by atoms with van der Waals surface area (Å²) in [6, 6.07) is 16.5. The first kappa shape index (κ1) is 13.4. The average Bonchev–Trinajstić information content (AvgIpc) is 2.49. The van der Waals surface area contributed by atoms with Crippen LogP contribution in [-0.2, 0) is 6.42 Å². The first-order valence-corrected chi connectivity index (χ1v) is 7.26. The first-order valence-electron chi connectivity index (χ1n) is 6.45. The Morgan fingerprint density at radius 1 is 1.00 bits per heavy atom. The van der Waals surface area contributed by atoms with Gasteiger partial charge < -0.3 is 0 Å². The second-order valence-electron chi connectivity index (χ2n) is 4.75. The highest BCUT2D eigenvalue weighted by Gasteiger charge is 2.11. The van der Waals surface area contributed by atoms with Gasteiger partial charge in [-0.3, -0.25) is 4.98 Å². The van der Waals surface area contributed by atoms with Gasteiger partial charge in [0.2, 0.25) is 0 Å². The molecule has 0 amide bonds. The van der Waals surface area contributed by atoms with E-state index >= 15 is 0 Å². The largest absolute Gasteiger partial charge is 0.263 e. The van der Waals surface area contributed by atoms with E-state index in [1.807, 2.05) is 18.2 Å². The van der Waals surface area contributed by atoms with Crippen molar-refractivity contribution in [1.82, 2.24) is 4.98 Å². The third-order valence-electron chi connectivity index (χ3n) is 3.39. The van der Waals surface area contributed by atoms with Crippen LogP contribution in [0.2, 0.25) is 5.02 Å². The highest BCUT2D eigenvalue weighted by molar-refractivity contribution is 6.31. The molecule has 0 saturated carbocycles. The van der Waals surface area contributed by atoms with E-state index in [9.17, 15) is 0 Å². The van der Waals surface area contributed by atoms with Gasteiger partial charge in [-0.15, -0.1) is 11.6 Å². The molecular weight excluding hydrogens is 289 g/mol. The fourth-order valence-corrected chi connectivity index (χ4v) is 2.78. The maximum Gasteiger partial charge on any atom is 0.0626 e. The summed E-state index contributed by atoms with van der Waals surface area (Å²) in [4.78, 5) is 3.99. The Bertz CT molecular complexity index is 740. The lowest BCUT2D eigenvalue weighted by Gasteiger charge is -2.12. The Hall–Kier alpha value is -1.57. The number of aromatic nitrogens is 1. The zero-order valence-electron chi connectivity index (χ0n) is 10.8. The lowest BCUT2D eigenvalue weighted by atomic mass is 10.0. The summed E-state index contributed by atoms with van der Waals surface area (Å²) < 4.78 is 0. The highest BCUT2D eigenvalue weighted by Crippen LogP contribution is 2.29. The van der Waals surface area contributed by atoms with Gasteiger partial charge in [-0.25, -0.2) is 0 Å². The predicted molar refractivity (Wildman–Crippen MR) is 85.5 cm³/mol. The van der Waals surface area contributed by atoms with Crippen molar-refractivity contribution in [2.75, 3.05) is 0 Å². The van der Waals surface area contributed by atoms with Gasteiger partial charge in [0, 0.05) is 12.4 Å². The Morgan fingerprint density at radius 3 is 2.60 bits per heavy atom. The van der Waals surface area contributed by atoms with Crippen LogP contribution >= 0.6 is 23.2 Å². The molecule has 0 N–H and O–H groups in total. The Morgan fingerprint density at radius 2 is 1.80 bits per heavy atom. The van der Waals surface area contributed by atoms with Gasteiger partial charge in [-0.1, -0.05) is 48.0 Å². The maximum absolute atomic E-state index is 6.53. The standard InChI is InChI=1S/C17H13Cl2N/c18-16(10-15-7-8-20-11-17(15)19)14-6-5-12-3-1-2-4-13(12)9-14/h1-9,11,16H,10H2. The van der Waals surface area contributed by atoms with Gasteiger partial charge in [0.15, 0.2) is 0 Å². The number of alkyl halides is 1. The van der Waals surface area contributed by atoms with Crippen LogP contribution in [0.3, 0.4) is 0 Å². The Labute approximate surface area is 128 Å². The average molecular weight is 302 g/mol. The fraction of sp³-hybridized carbons (Fsp3) is 0.118. The molecule has 0 bridgehead atoms. The van der Waals surface area contributed by atoms with Crippen molar-refractivity contribution in [2.45, 2.75) is 11.8 Å². The predicted octanol–water partition coefficient (Wildman–Crippen LogP) is 5.41. The van der Waals surface area contributed by atoms with Crippen molar-refractivity contribution in [3.05, 3.63) is 77.1 Å². The summed E-state index contributed by atoms with van der Waals surface area (Å²) >= 11 is 12.7. The van der Waals surface area contributed by atoms with E-state index in [2.05, 4.69) is 35.3 Å². The monoisotopic (exact) mass is 301 g/mol. The minimum atomic E-state index is -0.0977. The molecule has 100 valence electrons. The van der Waals surface area contributed by atoms with Crippen LogP contribution in [0.4, 0.5) is 0 Å². The molecule has 1 atom stereocenters. The topological polar surface area (TPSA) is 12.9 Å². The third-order valence-corrected chi connectivity index (χ3v) is 4.14. The summed E-state index contributed by atoms with van der Waals surface area (Å²) in [6.07, 6.45) is 4.09. The molecule has 0 aliphatic carbocycles. The summed E-state index contributed by atoms with van der Waals surface area (Å²) in [7, 11) is 0. The molecule has 20 heavy (non-hydrogen) atoms. The van der Waals surface area contributed by atoms with E-state index in [1.165, 1.54) is 10.8 Å². The lowest BCUT2D eigenvalue weighted by molar-refractivity contribution is 0.918. The molecule has 0 spiro atoms. The number of pyridine rings is 1. The molecule has 0 radical (unpaired) electrons. The maximum atomic E-state index is 6.53. The molecular formula is C17H13Cl2N. The summed E-state index contributed by atoms with van der Waals surface area (Å²) in [5.41, 5.74) is 2.13. The number of halogens is 2. The molecule has 0 aliphatic rings. The van der Waals surface area contributed by atoms with E-state index in [0.717, 1.165) is 11.1 Å². The summed E-state index contributed by atoms with van der Waals surface area (Å²) in [5, 5.41) is 3.00. The van der Waals surface area contributed by atoms with Crippen molar-refractivity contribution < 1.29 is 0 Å². The van der Waals surface area contributed by atoms with E-state index in [1.54, 1.807) is 12.4 Å². The van der Waals surface area contributed by atoms with E-state index < -0.39 is 0 Å². The number of nitrogens with zero attached hydrogens (tertiary/aromatic N) is 1. The molecule has 1 aromatic heterocycles. The summed E-state index contributed by atoms with van der Waals surface area (Å²) in [5.74, 6) is 0. The second-order valence-corrected chi connectivity index (χ2v) is 5.68. The number of rotatable bonds is 3. The number of fused-ring (bicyclic) bond motifs is 1. The number of hydrogen-bond donors (Lipinski definition) is 0. The molecule has 0 fully saturated rings. The third kappa shape index (κ3) is 2.79. The minimum Gasteiger partial charge on any atom is -0.263 e. The smallest absolute Gasteiger partial charge is 0.0626 e. The van der Waals surface area contributed by atoms with Crippen molar-refractivity contribution in [2.24, 2.45) is 0 Å². The molecule has 1 nitrogen and oxygen atoms in total. The Balaban J connectivity index is 1.89. The van der Waals surface area contributed by atoms with Crippen molar-refractivity contribution in [1.29, 1.82) is 0 Å². The van der Waals surface area contributed by atoms with Crippen LogP contribution in [0.1, 0.15) is 16.5 Å². The first-order chi connectivity index (χ1) is 9.74. The van der Waals surface area contributed by atoms with Crippen LogP contribution in [0.25, 0.3) is 10.8 Å². The highest BCUT2D eigenvalue weighted by atomic mass is 35.5. The zero-order valence-corrected chi connectivity index (χ0v) is 12.3. The second kappa shape index (κ2) is 5.82. The van der Waals surface area contributed by atoms with Gasteiger partial charge in [0.25, 0.3) is 0 Å². The lowest BCUT2D eigenvalue weighted by Crippen LogP contribution is -1.97. The minimum absolute atomic E-state index is 0.0977. The molecule has 3 rings (SSSR count).